The zero-order chi connectivity index (χ0) is 15.6. The summed E-state index contributed by atoms with van der Waals surface area (Å²) in [6.45, 7) is 0.182. The fourth-order valence-electron chi connectivity index (χ4n) is 2.06. The van der Waals surface area contributed by atoms with E-state index in [-0.39, 0.29) is 18.3 Å². The first-order valence-electron chi connectivity index (χ1n) is 6.70. The van der Waals surface area contributed by atoms with Crippen molar-refractivity contribution in [3.05, 3.63) is 47.6 Å². The molecule has 10 heteroatoms. The van der Waals surface area contributed by atoms with E-state index in [0.29, 0.717) is 11.5 Å². The minimum Gasteiger partial charge on any atom is -0.342 e. The average molecular weight is 326 g/mol. The van der Waals surface area contributed by atoms with Crippen molar-refractivity contribution < 1.29 is 4.79 Å². The zero-order valence-electron chi connectivity index (χ0n) is 11.7. The van der Waals surface area contributed by atoms with Crippen molar-refractivity contribution in [2.24, 2.45) is 0 Å². The molecule has 1 amide bonds. The number of nitrogens with zero attached hydrogens (tertiary/aromatic N) is 6. The van der Waals surface area contributed by atoms with Gasteiger partial charge in [-0.25, -0.2) is 4.98 Å². The third-order valence-corrected chi connectivity index (χ3v) is 4.03. The number of thiophene rings is 1. The number of carbonyl (C=O) groups excluding carboxylic acids is 1. The van der Waals surface area contributed by atoms with Gasteiger partial charge in [-0.15, -0.1) is 21.5 Å². The molecule has 9 nitrogen and oxygen atoms in total. The second kappa shape index (κ2) is 5.57. The van der Waals surface area contributed by atoms with Gasteiger partial charge in [0.05, 0.1) is 11.4 Å². The average Bonchev–Trinajstić information content (AvgIpc) is 3.33. The lowest BCUT2D eigenvalue weighted by Crippen LogP contribution is -2.25. The summed E-state index contributed by atoms with van der Waals surface area (Å²) >= 11 is 1.60. The van der Waals surface area contributed by atoms with Gasteiger partial charge in [0.15, 0.2) is 11.5 Å². The molecule has 0 unspecified atom stereocenters. The molecule has 0 fully saturated rings. The largest absolute Gasteiger partial charge is 0.342 e. The van der Waals surface area contributed by atoms with Crippen molar-refractivity contribution in [2.45, 2.75) is 6.54 Å². The number of carbonyl (C=O) groups is 1. The van der Waals surface area contributed by atoms with E-state index in [1.807, 2.05) is 29.6 Å². The molecular weight excluding hydrogens is 316 g/mol. The van der Waals surface area contributed by atoms with Gasteiger partial charge >= 0.3 is 0 Å². The summed E-state index contributed by atoms with van der Waals surface area (Å²) in [6.07, 6.45) is 1.27. The van der Waals surface area contributed by atoms with E-state index in [2.05, 4.69) is 35.8 Å². The van der Waals surface area contributed by atoms with Crippen molar-refractivity contribution >= 4 is 22.9 Å². The molecule has 0 saturated carbocycles. The topological polar surface area (TPSA) is 114 Å². The van der Waals surface area contributed by atoms with Gasteiger partial charge in [-0.3, -0.25) is 9.89 Å². The quantitative estimate of drug-likeness (QED) is 0.576. The number of rotatable bonds is 4. The molecule has 0 radical (unpaired) electrons. The van der Waals surface area contributed by atoms with E-state index in [1.54, 1.807) is 15.9 Å². The van der Waals surface area contributed by atoms with Crippen molar-refractivity contribution in [2.75, 3.05) is 0 Å². The molecule has 0 aliphatic carbocycles. The zero-order valence-corrected chi connectivity index (χ0v) is 12.5. The number of amides is 1. The van der Waals surface area contributed by atoms with Gasteiger partial charge in [-0.1, -0.05) is 6.07 Å². The minimum atomic E-state index is -0.367. The number of H-pyrrole nitrogens is 1. The van der Waals surface area contributed by atoms with Gasteiger partial charge in [0.2, 0.25) is 5.82 Å². The van der Waals surface area contributed by atoms with Crippen LogP contribution in [0.2, 0.25) is 0 Å². The number of aromatic nitrogens is 7. The lowest BCUT2D eigenvalue weighted by molar-refractivity contribution is 0.0939. The molecule has 0 saturated heterocycles. The lowest BCUT2D eigenvalue weighted by atomic mass is 10.3. The summed E-state index contributed by atoms with van der Waals surface area (Å²) < 4.78 is 1.62. The Hall–Kier alpha value is -3.14. The van der Waals surface area contributed by atoms with Crippen LogP contribution in [-0.4, -0.2) is 40.9 Å². The van der Waals surface area contributed by atoms with Crippen molar-refractivity contribution in [3.8, 4) is 10.6 Å². The Morgan fingerprint density at radius 3 is 3.04 bits per heavy atom. The van der Waals surface area contributed by atoms with E-state index >= 15 is 0 Å². The fraction of sp³-hybridized carbons (Fsp3) is 0.0769. The van der Waals surface area contributed by atoms with Gasteiger partial charge < -0.3 is 5.32 Å². The summed E-state index contributed by atoms with van der Waals surface area (Å²) in [5, 5.41) is 23.5. The molecular formula is C13H10N8OS. The SMILES string of the molecule is O=C(NCc1nnc2ccc(-c3cccs3)nn12)c1ncn[nH]1. The number of hydrogen-bond acceptors (Lipinski definition) is 7. The Bertz CT molecular complexity index is 944. The molecule has 4 rings (SSSR count). The van der Waals surface area contributed by atoms with Crippen LogP contribution in [0.15, 0.2) is 36.0 Å². The molecule has 0 spiro atoms. The van der Waals surface area contributed by atoms with E-state index in [4.69, 9.17) is 0 Å². The number of hydrogen-bond donors (Lipinski definition) is 2. The maximum absolute atomic E-state index is 11.9. The van der Waals surface area contributed by atoms with Crippen LogP contribution >= 0.6 is 11.3 Å². The third-order valence-electron chi connectivity index (χ3n) is 3.14. The van der Waals surface area contributed by atoms with E-state index < -0.39 is 0 Å². The minimum absolute atomic E-state index is 0.144. The molecule has 0 aromatic carbocycles. The van der Waals surface area contributed by atoms with E-state index in [1.165, 1.54) is 6.33 Å². The first-order valence-corrected chi connectivity index (χ1v) is 7.58. The Morgan fingerprint density at radius 1 is 1.30 bits per heavy atom. The highest BCUT2D eigenvalue weighted by molar-refractivity contribution is 7.13. The third kappa shape index (κ3) is 2.55. The Labute approximate surface area is 133 Å². The molecule has 0 aliphatic heterocycles. The number of aromatic amines is 1. The van der Waals surface area contributed by atoms with Crippen LogP contribution in [0, 0.1) is 0 Å². The van der Waals surface area contributed by atoms with Gasteiger partial charge in [0, 0.05) is 0 Å². The second-order valence-corrected chi connectivity index (χ2v) is 5.55. The second-order valence-electron chi connectivity index (χ2n) is 4.60. The monoisotopic (exact) mass is 326 g/mol. The van der Waals surface area contributed by atoms with E-state index in [0.717, 1.165) is 10.6 Å². The molecule has 2 N–H and O–H groups in total. The summed E-state index contributed by atoms with van der Waals surface area (Å²) in [4.78, 5) is 16.7. The van der Waals surface area contributed by atoms with Crippen LogP contribution in [0.4, 0.5) is 0 Å². The van der Waals surface area contributed by atoms with Crippen molar-refractivity contribution in [1.82, 2.24) is 40.3 Å². The molecule has 114 valence electrons. The predicted molar refractivity (Wildman–Crippen MR) is 81.6 cm³/mol. The normalized spacial score (nSPS) is 11.0. The summed E-state index contributed by atoms with van der Waals surface area (Å²) in [5.41, 5.74) is 1.45. The maximum atomic E-state index is 11.9. The van der Waals surface area contributed by atoms with E-state index in [9.17, 15) is 4.79 Å². The highest BCUT2D eigenvalue weighted by atomic mass is 32.1. The lowest BCUT2D eigenvalue weighted by Gasteiger charge is -2.02. The van der Waals surface area contributed by atoms with Crippen molar-refractivity contribution in [3.63, 3.8) is 0 Å². The van der Waals surface area contributed by atoms with Crippen LogP contribution in [0.5, 0.6) is 0 Å². The first kappa shape index (κ1) is 13.5. The molecule has 0 atom stereocenters. The van der Waals surface area contributed by atoms with Gasteiger partial charge in [0.1, 0.15) is 12.0 Å². The van der Waals surface area contributed by atoms with Crippen LogP contribution in [-0.2, 0) is 6.54 Å². The summed E-state index contributed by atoms with van der Waals surface area (Å²) in [5.74, 6) is 0.311. The first-order chi connectivity index (χ1) is 11.3. The van der Waals surface area contributed by atoms with Gasteiger partial charge in [-0.05, 0) is 23.6 Å². The molecule has 0 bridgehead atoms. The maximum Gasteiger partial charge on any atom is 0.288 e. The predicted octanol–water partition coefficient (Wildman–Crippen LogP) is 0.901. The number of nitrogens with one attached hydrogen (secondary N) is 2. The molecule has 4 aromatic heterocycles. The van der Waals surface area contributed by atoms with Gasteiger partial charge in [-0.2, -0.15) is 14.7 Å². The van der Waals surface area contributed by atoms with Crippen molar-refractivity contribution in [1.29, 1.82) is 0 Å². The number of fused-ring (bicyclic) bond motifs is 1. The van der Waals surface area contributed by atoms with Crippen LogP contribution in [0.3, 0.4) is 0 Å². The molecule has 0 aliphatic rings. The standard InChI is InChI=1S/C13H10N8OS/c22-13(12-15-7-16-19-12)14-6-11-18-17-10-4-3-8(20-21(10)11)9-2-1-5-23-9/h1-5,7H,6H2,(H,14,22)(H,15,16,19). The summed E-state index contributed by atoms with van der Waals surface area (Å²) in [6, 6.07) is 7.70. The summed E-state index contributed by atoms with van der Waals surface area (Å²) in [7, 11) is 0. The van der Waals surface area contributed by atoms with Gasteiger partial charge in [0.25, 0.3) is 5.91 Å². The van der Waals surface area contributed by atoms with Crippen LogP contribution < -0.4 is 5.32 Å². The Kier molecular flexibility index (Phi) is 3.27. The van der Waals surface area contributed by atoms with Crippen LogP contribution in [0.1, 0.15) is 16.4 Å². The smallest absolute Gasteiger partial charge is 0.288 e. The highest BCUT2D eigenvalue weighted by Crippen LogP contribution is 2.22. The van der Waals surface area contributed by atoms with Crippen LogP contribution in [0.25, 0.3) is 16.2 Å². The Balaban J connectivity index is 1.60. The highest BCUT2D eigenvalue weighted by Gasteiger charge is 2.12. The molecule has 4 heterocycles. The fourth-order valence-corrected chi connectivity index (χ4v) is 2.75. The molecule has 4 aromatic rings. The molecule has 23 heavy (non-hydrogen) atoms. The Morgan fingerprint density at radius 2 is 2.26 bits per heavy atom.